The van der Waals surface area contributed by atoms with Crippen molar-refractivity contribution in [1.29, 1.82) is 0 Å². The number of para-hydroxylation sites is 2. The number of carbonyl (C=O) groups excluding carboxylic acids is 1. The van der Waals surface area contributed by atoms with Crippen LogP contribution in [-0.2, 0) is 24.2 Å². The van der Waals surface area contributed by atoms with Crippen molar-refractivity contribution in [3.05, 3.63) is 71.9 Å². The average molecular weight is 421 g/mol. The number of amides is 1. The van der Waals surface area contributed by atoms with Crippen LogP contribution in [0.2, 0.25) is 0 Å². The molecule has 0 atom stereocenters. The Morgan fingerprint density at radius 2 is 1.87 bits per heavy atom. The number of aromatic nitrogens is 2. The van der Waals surface area contributed by atoms with E-state index < -0.39 is 0 Å². The van der Waals surface area contributed by atoms with E-state index in [1.807, 2.05) is 12.1 Å². The number of likely N-dealkylation sites (tertiary alicyclic amines) is 1. The minimum absolute atomic E-state index is 0.0562. The predicted molar refractivity (Wildman–Crippen MR) is 118 cm³/mol. The Hall–Kier alpha value is -3.19. The third kappa shape index (κ3) is 5.92. The SMILES string of the molecule is COc1ccccc1NC(=O)Cc1noc(CN2CCC(Cc3ccccc3)CC2)n1. The van der Waals surface area contributed by atoms with Crippen molar-refractivity contribution < 1.29 is 14.1 Å². The highest BCUT2D eigenvalue weighted by atomic mass is 16.5. The molecular formula is C24H28N4O3. The Bertz CT molecular complexity index is 981. The van der Waals surface area contributed by atoms with Crippen LogP contribution in [0.25, 0.3) is 0 Å². The van der Waals surface area contributed by atoms with Crippen molar-refractivity contribution in [2.24, 2.45) is 5.92 Å². The fourth-order valence-corrected chi connectivity index (χ4v) is 4.00. The van der Waals surface area contributed by atoms with Crippen LogP contribution in [0.1, 0.15) is 30.1 Å². The lowest BCUT2D eigenvalue weighted by atomic mass is 9.90. The summed E-state index contributed by atoms with van der Waals surface area (Å²) < 4.78 is 10.6. The normalized spacial score (nSPS) is 15.0. The minimum Gasteiger partial charge on any atom is -0.495 e. The summed E-state index contributed by atoms with van der Waals surface area (Å²) in [6, 6.07) is 18.0. The summed E-state index contributed by atoms with van der Waals surface area (Å²) in [5.41, 5.74) is 2.03. The number of ether oxygens (including phenoxy) is 1. The molecule has 0 saturated carbocycles. The lowest BCUT2D eigenvalue weighted by molar-refractivity contribution is -0.115. The van der Waals surface area contributed by atoms with Gasteiger partial charge in [0.05, 0.1) is 25.8 Å². The van der Waals surface area contributed by atoms with Gasteiger partial charge in [-0.1, -0.05) is 47.6 Å². The van der Waals surface area contributed by atoms with E-state index in [0.717, 1.165) is 38.3 Å². The van der Waals surface area contributed by atoms with Crippen molar-refractivity contribution in [2.75, 3.05) is 25.5 Å². The van der Waals surface area contributed by atoms with Crippen molar-refractivity contribution in [3.8, 4) is 5.75 Å². The molecule has 1 aliphatic rings. The summed E-state index contributed by atoms with van der Waals surface area (Å²) >= 11 is 0. The molecule has 1 saturated heterocycles. The van der Waals surface area contributed by atoms with Crippen LogP contribution >= 0.6 is 0 Å². The molecule has 2 aromatic carbocycles. The number of anilines is 1. The summed E-state index contributed by atoms with van der Waals surface area (Å²) in [5.74, 6) is 2.07. The summed E-state index contributed by atoms with van der Waals surface area (Å²) in [4.78, 5) is 19.1. The minimum atomic E-state index is -0.210. The molecule has 1 amide bonds. The summed E-state index contributed by atoms with van der Waals surface area (Å²) in [6.45, 7) is 2.66. The van der Waals surface area contributed by atoms with Gasteiger partial charge >= 0.3 is 0 Å². The molecule has 162 valence electrons. The first-order valence-electron chi connectivity index (χ1n) is 10.7. The predicted octanol–water partition coefficient (Wildman–Crippen LogP) is 3.71. The van der Waals surface area contributed by atoms with Gasteiger partial charge in [0, 0.05) is 0 Å². The van der Waals surface area contributed by atoms with Crippen LogP contribution < -0.4 is 10.1 Å². The van der Waals surface area contributed by atoms with Gasteiger partial charge in [0.25, 0.3) is 0 Å². The van der Waals surface area contributed by atoms with Gasteiger partial charge in [-0.25, -0.2) is 0 Å². The zero-order valence-electron chi connectivity index (χ0n) is 17.8. The zero-order valence-corrected chi connectivity index (χ0v) is 17.8. The van der Waals surface area contributed by atoms with E-state index >= 15 is 0 Å². The first-order valence-corrected chi connectivity index (χ1v) is 10.7. The molecule has 7 heteroatoms. The third-order valence-corrected chi connectivity index (χ3v) is 5.64. The molecule has 0 unspecified atom stereocenters. The Labute approximate surface area is 182 Å². The molecule has 0 aliphatic carbocycles. The van der Waals surface area contributed by atoms with Gasteiger partial charge in [-0.3, -0.25) is 9.69 Å². The quantitative estimate of drug-likeness (QED) is 0.598. The lowest BCUT2D eigenvalue weighted by Crippen LogP contribution is -2.34. The lowest BCUT2D eigenvalue weighted by Gasteiger charge is -2.31. The number of hydrogen-bond donors (Lipinski definition) is 1. The zero-order chi connectivity index (χ0) is 21.5. The second-order valence-electron chi connectivity index (χ2n) is 7.94. The molecule has 1 aliphatic heterocycles. The van der Waals surface area contributed by atoms with Gasteiger partial charge in [-0.2, -0.15) is 4.98 Å². The van der Waals surface area contributed by atoms with Gasteiger partial charge in [0.1, 0.15) is 5.75 Å². The summed E-state index contributed by atoms with van der Waals surface area (Å²) in [6.07, 6.45) is 3.52. The van der Waals surface area contributed by atoms with Crippen molar-refractivity contribution in [1.82, 2.24) is 15.0 Å². The maximum Gasteiger partial charge on any atom is 0.240 e. The van der Waals surface area contributed by atoms with Crippen molar-refractivity contribution in [3.63, 3.8) is 0 Å². The Kier molecular flexibility index (Phi) is 6.94. The highest BCUT2D eigenvalue weighted by Crippen LogP contribution is 2.24. The van der Waals surface area contributed by atoms with Crippen LogP contribution in [0.4, 0.5) is 5.69 Å². The smallest absolute Gasteiger partial charge is 0.240 e. The van der Waals surface area contributed by atoms with E-state index in [-0.39, 0.29) is 12.3 Å². The number of nitrogens with zero attached hydrogens (tertiary/aromatic N) is 3. The molecule has 0 spiro atoms. The van der Waals surface area contributed by atoms with E-state index in [2.05, 4.69) is 50.7 Å². The fourth-order valence-electron chi connectivity index (χ4n) is 4.00. The molecule has 0 radical (unpaired) electrons. The largest absolute Gasteiger partial charge is 0.495 e. The van der Waals surface area contributed by atoms with Crippen molar-refractivity contribution in [2.45, 2.75) is 32.2 Å². The topological polar surface area (TPSA) is 80.5 Å². The molecule has 1 fully saturated rings. The van der Waals surface area contributed by atoms with Gasteiger partial charge in [-0.15, -0.1) is 0 Å². The van der Waals surface area contributed by atoms with E-state index in [1.54, 1.807) is 19.2 Å². The van der Waals surface area contributed by atoms with Gasteiger partial charge in [0.2, 0.25) is 11.8 Å². The Morgan fingerprint density at radius 3 is 2.65 bits per heavy atom. The highest BCUT2D eigenvalue weighted by Gasteiger charge is 2.21. The summed E-state index contributed by atoms with van der Waals surface area (Å²) in [5, 5.41) is 6.80. The molecule has 3 aromatic rings. The van der Waals surface area contributed by atoms with E-state index in [0.29, 0.717) is 29.7 Å². The van der Waals surface area contributed by atoms with Crippen molar-refractivity contribution >= 4 is 11.6 Å². The Balaban J connectivity index is 1.23. The second kappa shape index (κ2) is 10.2. The number of hydrogen-bond acceptors (Lipinski definition) is 6. The van der Waals surface area contributed by atoms with Crippen LogP contribution in [0.15, 0.2) is 59.1 Å². The monoisotopic (exact) mass is 420 g/mol. The number of nitrogens with one attached hydrogen (secondary N) is 1. The second-order valence-corrected chi connectivity index (χ2v) is 7.94. The van der Waals surface area contributed by atoms with Crippen LogP contribution in [0.5, 0.6) is 5.75 Å². The first-order chi connectivity index (χ1) is 15.2. The van der Waals surface area contributed by atoms with Crippen LogP contribution in [0, 0.1) is 5.92 Å². The molecule has 1 aromatic heterocycles. The van der Waals surface area contributed by atoms with Crippen LogP contribution in [0.3, 0.4) is 0 Å². The molecule has 7 nitrogen and oxygen atoms in total. The van der Waals surface area contributed by atoms with Gasteiger partial charge < -0.3 is 14.6 Å². The standard InChI is InChI=1S/C24H28N4O3/c1-30-21-10-6-5-9-20(21)25-23(29)16-22-26-24(31-27-22)17-28-13-11-19(12-14-28)15-18-7-3-2-4-8-18/h2-10,19H,11-17H2,1H3,(H,25,29). The maximum absolute atomic E-state index is 12.3. The molecule has 1 N–H and O–H groups in total. The summed E-state index contributed by atoms with van der Waals surface area (Å²) in [7, 11) is 1.57. The number of methoxy groups -OCH3 is 1. The van der Waals surface area contributed by atoms with Crippen LogP contribution in [-0.4, -0.2) is 41.1 Å². The van der Waals surface area contributed by atoms with E-state index in [9.17, 15) is 4.79 Å². The highest BCUT2D eigenvalue weighted by molar-refractivity contribution is 5.93. The average Bonchev–Trinajstić information content (AvgIpc) is 3.22. The van der Waals surface area contributed by atoms with Gasteiger partial charge in [-0.05, 0) is 56.0 Å². The van der Waals surface area contributed by atoms with E-state index in [1.165, 1.54) is 5.56 Å². The third-order valence-electron chi connectivity index (χ3n) is 5.64. The number of rotatable bonds is 8. The van der Waals surface area contributed by atoms with Gasteiger partial charge in [0.15, 0.2) is 5.82 Å². The fraction of sp³-hybridized carbons (Fsp3) is 0.375. The maximum atomic E-state index is 12.3. The number of benzene rings is 2. The molecular weight excluding hydrogens is 392 g/mol. The molecule has 2 heterocycles. The molecule has 0 bridgehead atoms. The first kappa shape index (κ1) is 21.1. The van der Waals surface area contributed by atoms with E-state index in [4.69, 9.17) is 9.26 Å². The number of carbonyl (C=O) groups is 1. The number of piperidine rings is 1. The Morgan fingerprint density at radius 1 is 1.13 bits per heavy atom. The molecule has 31 heavy (non-hydrogen) atoms. The molecule has 4 rings (SSSR count).